The van der Waals surface area contributed by atoms with Gasteiger partial charge in [-0.3, -0.25) is 4.79 Å². The molecule has 8 heterocycles. The van der Waals surface area contributed by atoms with Crippen LogP contribution in [0, 0.1) is 0 Å². The molecule has 6 aromatic heterocycles. The number of oxazole rings is 2. The molecule has 0 unspecified atom stereocenters. The summed E-state index contributed by atoms with van der Waals surface area (Å²) >= 11 is 0. The van der Waals surface area contributed by atoms with Crippen molar-refractivity contribution in [3.8, 4) is 68.9 Å². The van der Waals surface area contributed by atoms with Crippen LogP contribution in [0.1, 0.15) is 61.9 Å². The van der Waals surface area contributed by atoms with Crippen molar-refractivity contribution in [2.75, 3.05) is 62.2 Å². The third-order valence-electron chi connectivity index (χ3n) is 11.5. The first-order chi connectivity index (χ1) is 33.1. The second-order valence-electron chi connectivity index (χ2n) is 16.5. The molecule has 0 atom stereocenters. The largest absolute Gasteiger partial charge is 0.435 e. The van der Waals surface area contributed by atoms with E-state index in [1.54, 1.807) is 38.9 Å². The van der Waals surface area contributed by atoms with E-state index in [1.807, 2.05) is 68.6 Å². The molecule has 2 saturated heterocycles. The lowest BCUT2D eigenvalue weighted by atomic mass is 10.1. The maximum absolute atomic E-state index is 11.6. The van der Waals surface area contributed by atoms with Crippen LogP contribution in [0.3, 0.4) is 0 Å². The van der Waals surface area contributed by atoms with Crippen molar-refractivity contribution >= 4 is 17.3 Å². The summed E-state index contributed by atoms with van der Waals surface area (Å²) in [5.74, 6) is 3.91. The second kappa shape index (κ2) is 21.2. The summed E-state index contributed by atoms with van der Waals surface area (Å²) in [5, 5.41) is 19.9. The van der Waals surface area contributed by atoms with E-state index in [0.717, 1.165) is 92.1 Å². The predicted molar refractivity (Wildman–Crippen MR) is 260 cm³/mol. The van der Waals surface area contributed by atoms with Crippen molar-refractivity contribution in [3.63, 3.8) is 0 Å². The van der Waals surface area contributed by atoms with Crippen LogP contribution in [0.15, 0.2) is 119 Å². The lowest BCUT2D eigenvalue weighted by Gasteiger charge is -2.35. The minimum Gasteiger partial charge on any atom is -0.435 e. The average molecular weight is 904 g/mol. The molecule has 0 aliphatic carbocycles. The van der Waals surface area contributed by atoms with E-state index >= 15 is 0 Å². The zero-order chi connectivity index (χ0) is 47.6. The third kappa shape index (κ3) is 10.6. The minimum absolute atomic E-state index is 0.129. The molecule has 17 heteroatoms. The van der Waals surface area contributed by atoms with Gasteiger partial charge < -0.3 is 38.0 Å². The van der Waals surface area contributed by atoms with Gasteiger partial charge in [-0.15, -0.1) is 20.4 Å². The Labute approximate surface area is 392 Å². The Hall–Kier alpha value is -7.53. The number of carbonyl (C=O) groups is 1. The standard InChI is InChI=1S/C25H27N7O2.C23H25N7O.C2H6/c1-17(2)32-16-27-29-24(32)21-8-5-9-22(28-21)25-26-15-23(34-25)19-6-4-7-20(14-19)31-12-10-30(11-13-31)18(3)33;1-16(2)30-15-26-28-22(30)19-7-4-8-20(27-19)23-25-14-21(31-23)17-5-3-6-18(13-17)29-11-9-24-10-12-29;1-2/h4-9,14-17H,10-13H2,1-3H3;3-8,13-16,24H,9-12H2,1-2H3;1-2H3/i;;1D. The van der Waals surface area contributed by atoms with Crippen molar-refractivity contribution in [1.82, 2.24) is 59.7 Å². The normalized spacial score (nSPS) is 14.1. The van der Waals surface area contributed by atoms with Crippen LogP contribution in [0.5, 0.6) is 0 Å². The molecular weight excluding hydrogens is 845 g/mol. The van der Waals surface area contributed by atoms with Crippen molar-refractivity contribution < 1.29 is 15.0 Å². The van der Waals surface area contributed by atoms with Crippen LogP contribution >= 0.6 is 0 Å². The Kier molecular flexibility index (Phi) is 14.1. The number of nitrogens with one attached hydrogen (secondary N) is 1. The van der Waals surface area contributed by atoms with Crippen molar-refractivity contribution in [2.24, 2.45) is 0 Å². The zero-order valence-electron chi connectivity index (χ0n) is 39.9. The molecule has 0 bridgehead atoms. The van der Waals surface area contributed by atoms with Crippen LogP contribution in [0.4, 0.5) is 11.4 Å². The molecule has 2 aliphatic rings. The Morgan fingerprint density at radius 2 is 1.06 bits per heavy atom. The summed E-state index contributed by atoms with van der Waals surface area (Å²) in [6.45, 7) is 19.3. The third-order valence-corrected chi connectivity index (χ3v) is 11.5. The molecule has 10 rings (SSSR count). The molecule has 1 amide bonds. The summed E-state index contributed by atoms with van der Waals surface area (Å²) in [5.41, 5.74) is 7.02. The first-order valence-corrected chi connectivity index (χ1v) is 22.7. The molecular formula is C50H58N14O3. The number of anilines is 2. The smallest absolute Gasteiger partial charge is 0.245 e. The highest BCUT2D eigenvalue weighted by atomic mass is 16.4. The van der Waals surface area contributed by atoms with E-state index < -0.39 is 0 Å². The number of piperazine rings is 2. The number of hydrogen-bond donors (Lipinski definition) is 1. The molecule has 1 N–H and O–H groups in total. The first-order valence-electron chi connectivity index (χ1n) is 23.4. The second-order valence-corrected chi connectivity index (χ2v) is 16.5. The van der Waals surface area contributed by atoms with Crippen LogP contribution in [0.25, 0.3) is 68.9 Å². The van der Waals surface area contributed by atoms with Gasteiger partial charge in [0.2, 0.25) is 17.7 Å². The molecule has 0 spiro atoms. The first kappa shape index (κ1) is 44.7. The Bertz CT molecular complexity index is 2890. The van der Waals surface area contributed by atoms with Gasteiger partial charge in [-0.1, -0.05) is 50.2 Å². The predicted octanol–water partition coefficient (Wildman–Crippen LogP) is 8.59. The van der Waals surface area contributed by atoms with Gasteiger partial charge >= 0.3 is 0 Å². The molecule has 0 radical (unpaired) electrons. The van der Waals surface area contributed by atoms with Crippen LogP contribution < -0.4 is 15.1 Å². The zero-order valence-corrected chi connectivity index (χ0v) is 38.9. The average Bonchev–Trinajstić information content (AvgIpc) is 4.23. The number of aromatic nitrogens is 10. The number of carbonyl (C=O) groups excluding carboxylic acids is 1. The van der Waals surface area contributed by atoms with Gasteiger partial charge in [-0.25, -0.2) is 19.9 Å². The number of pyridine rings is 2. The SMILES string of the molecule is CC(=O)N1CCN(c2cccc(-c3cnc(-c4cccc(-c5nncn5C(C)C)n4)o3)c2)CC1.CC(C)n1cnnc1-c1cccc(-c2ncc(-c3cccc(N4CCNCC4)c3)o2)n1.[2H]CC. The van der Waals surface area contributed by atoms with E-state index in [0.29, 0.717) is 41.7 Å². The summed E-state index contributed by atoms with van der Waals surface area (Å²) < 4.78 is 22.4. The van der Waals surface area contributed by atoms with Gasteiger partial charge in [0.1, 0.15) is 35.4 Å². The lowest BCUT2D eigenvalue weighted by Crippen LogP contribution is -2.48. The fraction of sp³-hybridized carbons (Fsp3) is 0.340. The highest BCUT2D eigenvalue weighted by Crippen LogP contribution is 2.32. The number of amides is 1. The van der Waals surface area contributed by atoms with E-state index in [4.69, 9.17) is 20.2 Å². The monoisotopic (exact) mass is 903 g/mol. The number of nitrogens with zero attached hydrogens (tertiary/aromatic N) is 13. The number of benzene rings is 2. The van der Waals surface area contributed by atoms with E-state index in [2.05, 4.69) is 104 Å². The highest BCUT2D eigenvalue weighted by Gasteiger charge is 2.21. The van der Waals surface area contributed by atoms with Crippen LogP contribution in [-0.2, 0) is 4.79 Å². The Morgan fingerprint density at radius 1 is 0.627 bits per heavy atom. The van der Waals surface area contributed by atoms with Gasteiger partial charge in [0.05, 0.1) is 12.4 Å². The number of rotatable bonds is 10. The topological polar surface area (TPSA) is 178 Å². The summed E-state index contributed by atoms with van der Waals surface area (Å²) in [6.07, 6.45) is 6.93. The Morgan fingerprint density at radius 3 is 1.51 bits per heavy atom. The van der Waals surface area contributed by atoms with Crippen LogP contribution in [0.2, 0.25) is 0 Å². The van der Waals surface area contributed by atoms with E-state index in [-0.39, 0.29) is 18.0 Å². The maximum atomic E-state index is 11.6. The van der Waals surface area contributed by atoms with Gasteiger partial charge in [0.25, 0.3) is 0 Å². The highest BCUT2D eigenvalue weighted by molar-refractivity contribution is 5.74. The summed E-state index contributed by atoms with van der Waals surface area (Å²) in [6, 6.07) is 28.5. The summed E-state index contributed by atoms with van der Waals surface area (Å²) in [7, 11) is 0. The van der Waals surface area contributed by atoms with Gasteiger partial charge in [-0.05, 0) is 76.2 Å². The molecule has 2 fully saturated rings. The fourth-order valence-electron chi connectivity index (χ4n) is 7.93. The molecule has 2 aliphatic heterocycles. The quantitative estimate of drug-likeness (QED) is 0.138. The lowest BCUT2D eigenvalue weighted by molar-refractivity contribution is -0.129. The van der Waals surface area contributed by atoms with Crippen molar-refractivity contribution in [2.45, 2.75) is 60.5 Å². The Balaban J connectivity index is 0.000000175. The summed E-state index contributed by atoms with van der Waals surface area (Å²) in [4.78, 5) is 36.6. The fourth-order valence-corrected chi connectivity index (χ4v) is 7.93. The maximum Gasteiger partial charge on any atom is 0.245 e. The molecule has 8 aromatic rings. The van der Waals surface area contributed by atoms with Gasteiger partial charge in [0.15, 0.2) is 23.2 Å². The van der Waals surface area contributed by atoms with Crippen molar-refractivity contribution in [1.29, 1.82) is 0 Å². The molecule has 17 nitrogen and oxygen atoms in total. The van der Waals surface area contributed by atoms with Gasteiger partial charge in [0, 0.05) is 95.2 Å². The minimum atomic E-state index is 0.129. The molecule has 2 aromatic carbocycles. The molecule has 346 valence electrons. The van der Waals surface area contributed by atoms with Crippen LogP contribution in [-0.4, -0.2) is 113 Å². The van der Waals surface area contributed by atoms with E-state index in [9.17, 15) is 4.79 Å². The van der Waals surface area contributed by atoms with Crippen molar-refractivity contribution in [3.05, 3.63) is 110 Å². The molecule has 0 saturated carbocycles. The molecule has 67 heavy (non-hydrogen) atoms. The number of hydrogen-bond acceptors (Lipinski definition) is 14. The van der Waals surface area contributed by atoms with E-state index in [1.165, 1.54) is 5.69 Å². The van der Waals surface area contributed by atoms with Gasteiger partial charge in [-0.2, -0.15) is 0 Å².